The van der Waals surface area contributed by atoms with E-state index in [9.17, 15) is 23.1 Å². The molecule has 0 amide bonds. The van der Waals surface area contributed by atoms with E-state index < -0.39 is 23.5 Å². The lowest BCUT2D eigenvalue weighted by Crippen LogP contribution is -2.48. The summed E-state index contributed by atoms with van der Waals surface area (Å²) in [5, 5.41) is 14.9. The van der Waals surface area contributed by atoms with Gasteiger partial charge < -0.3 is 10.0 Å². The number of hydrogen-bond acceptors (Lipinski definition) is 4. The smallest absolute Gasteiger partial charge is 0.391 e. The Morgan fingerprint density at radius 1 is 1.26 bits per heavy atom. The summed E-state index contributed by atoms with van der Waals surface area (Å²) in [6.07, 6.45) is -0.989. The molecule has 0 bridgehead atoms. The van der Waals surface area contributed by atoms with Gasteiger partial charge in [0.05, 0.1) is 17.0 Å². The largest absolute Gasteiger partial charge is 0.481 e. The van der Waals surface area contributed by atoms with Crippen LogP contribution in [0.3, 0.4) is 0 Å². The highest BCUT2D eigenvalue weighted by molar-refractivity contribution is 5.76. The van der Waals surface area contributed by atoms with Crippen molar-refractivity contribution in [3.8, 4) is 0 Å². The minimum atomic E-state index is -4.13. The van der Waals surface area contributed by atoms with Crippen LogP contribution in [0.25, 0.3) is 5.65 Å². The minimum absolute atomic E-state index is 0.0222. The SMILES string of the molecule is CC[C@@]1(C(=O)O)CCCN(c2c(C(C)C)c(C)nc3cc([C@H]4CC[C@H](C(F)(F)F)CC4)nn23)C1. The molecule has 1 N–H and O–H groups in total. The number of piperidine rings is 1. The first-order valence-electron chi connectivity index (χ1n) is 12.4. The maximum atomic E-state index is 13.1. The predicted octanol–water partition coefficient (Wildman–Crippen LogP) is 6.08. The maximum absolute atomic E-state index is 13.1. The summed E-state index contributed by atoms with van der Waals surface area (Å²) in [4.78, 5) is 19.1. The number of rotatable bonds is 5. The van der Waals surface area contributed by atoms with E-state index in [-0.39, 0.29) is 24.7 Å². The molecule has 9 heteroatoms. The second kappa shape index (κ2) is 9.04. The van der Waals surface area contributed by atoms with Crippen LogP contribution in [0.15, 0.2) is 6.07 Å². The fraction of sp³-hybridized carbons (Fsp3) is 0.720. The standard InChI is InChI=1S/C25H35F3N4O2/c1-5-24(23(33)34)11-6-12-31(14-24)22-21(15(2)3)16(4)29-20-13-19(30-32(20)22)17-7-9-18(10-8-17)25(26,27)28/h13,15,17-18H,5-12,14H2,1-4H3,(H,33,34)/t17-,18-,24-/m1/s1. The van der Waals surface area contributed by atoms with Crippen LogP contribution >= 0.6 is 0 Å². The van der Waals surface area contributed by atoms with E-state index in [0.717, 1.165) is 35.7 Å². The van der Waals surface area contributed by atoms with Crippen LogP contribution in [0.4, 0.5) is 19.0 Å². The summed E-state index contributed by atoms with van der Waals surface area (Å²) in [5.74, 6) is -0.978. The van der Waals surface area contributed by atoms with E-state index in [1.165, 1.54) is 0 Å². The van der Waals surface area contributed by atoms with Gasteiger partial charge in [0.15, 0.2) is 5.65 Å². The van der Waals surface area contributed by atoms with Crippen LogP contribution in [0.1, 0.15) is 94.5 Å². The minimum Gasteiger partial charge on any atom is -0.481 e. The summed E-state index contributed by atoms with van der Waals surface area (Å²) in [6, 6.07) is 1.91. The first-order chi connectivity index (χ1) is 16.0. The summed E-state index contributed by atoms with van der Waals surface area (Å²) >= 11 is 0. The van der Waals surface area contributed by atoms with Crippen molar-refractivity contribution in [1.82, 2.24) is 14.6 Å². The van der Waals surface area contributed by atoms with Gasteiger partial charge in [0.25, 0.3) is 0 Å². The fourth-order valence-electron chi connectivity index (χ4n) is 5.96. The molecule has 3 heterocycles. The number of carboxylic acid groups (broad SMARTS) is 1. The topological polar surface area (TPSA) is 70.7 Å². The quantitative estimate of drug-likeness (QED) is 0.562. The third-order valence-corrected chi connectivity index (χ3v) is 8.02. The van der Waals surface area contributed by atoms with E-state index in [1.807, 2.05) is 24.4 Å². The second-order valence-electron chi connectivity index (χ2n) is 10.5. The molecular weight excluding hydrogens is 445 g/mol. The van der Waals surface area contributed by atoms with Gasteiger partial charge in [0, 0.05) is 36.3 Å². The molecule has 6 nitrogen and oxygen atoms in total. The third kappa shape index (κ3) is 4.38. The van der Waals surface area contributed by atoms with Crippen LogP contribution in [0.2, 0.25) is 0 Å². The lowest BCUT2D eigenvalue weighted by Gasteiger charge is -2.41. The van der Waals surface area contributed by atoms with Crippen molar-refractivity contribution in [3.05, 3.63) is 23.0 Å². The molecule has 2 aromatic heterocycles. The maximum Gasteiger partial charge on any atom is 0.391 e. The van der Waals surface area contributed by atoms with Crippen LogP contribution in [-0.4, -0.2) is 44.9 Å². The number of aliphatic carboxylic acids is 1. The zero-order valence-corrected chi connectivity index (χ0v) is 20.5. The molecule has 2 aliphatic rings. The van der Waals surface area contributed by atoms with Crippen molar-refractivity contribution < 1.29 is 23.1 Å². The normalized spacial score (nSPS) is 26.4. The number of fused-ring (bicyclic) bond motifs is 1. The van der Waals surface area contributed by atoms with Gasteiger partial charge in [0.1, 0.15) is 5.82 Å². The van der Waals surface area contributed by atoms with Gasteiger partial charge in [-0.15, -0.1) is 0 Å². The number of carbonyl (C=O) groups is 1. The number of nitrogens with zero attached hydrogens (tertiary/aromatic N) is 4. The average Bonchev–Trinajstić information content (AvgIpc) is 3.20. The Balaban J connectivity index is 1.74. The Morgan fingerprint density at radius 3 is 2.50 bits per heavy atom. The summed E-state index contributed by atoms with van der Waals surface area (Å²) < 4.78 is 41.2. The van der Waals surface area contributed by atoms with E-state index in [1.54, 1.807) is 0 Å². The van der Waals surface area contributed by atoms with Gasteiger partial charge in [-0.05, 0) is 57.8 Å². The Labute approximate surface area is 198 Å². The van der Waals surface area contributed by atoms with Crippen molar-refractivity contribution >= 4 is 17.4 Å². The van der Waals surface area contributed by atoms with Crippen molar-refractivity contribution in [2.75, 3.05) is 18.0 Å². The molecule has 1 atom stereocenters. The first kappa shape index (κ1) is 24.8. The lowest BCUT2D eigenvalue weighted by molar-refractivity contribution is -0.182. The average molecular weight is 481 g/mol. The second-order valence-corrected chi connectivity index (χ2v) is 10.5. The molecule has 188 valence electrons. The highest BCUT2D eigenvalue weighted by Gasteiger charge is 2.43. The Kier molecular flexibility index (Phi) is 6.59. The summed E-state index contributed by atoms with van der Waals surface area (Å²) in [5.41, 5.74) is 2.58. The Morgan fingerprint density at radius 2 is 1.94 bits per heavy atom. The van der Waals surface area contributed by atoms with Crippen molar-refractivity contribution in [2.24, 2.45) is 11.3 Å². The van der Waals surface area contributed by atoms with Crippen molar-refractivity contribution in [1.29, 1.82) is 0 Å². The van der Waals surface area contributed by atoms with Gasteiger partial charge in [-0.2, -0.15) is 22.8 Å². The predicted molar refractivity (Wildman–Crippen MR) is 124 cm³/mol. The molecule has 1 aliphatic carbocycles. The monoisotopic (exact) mass is 480 g/mol. The molecule has 1 saturated heterocycles. The molecule has 0 radical (unpaired) electrons. The van der Waals surface area contributed by atoms with E-state index in [2.05, 4.69) is 18.7 Å². The van der Waals surface area contributed by atoms with Crippen molar-refractivity contribution in [2.45, 2.75) is 90.7 Å². The molecule has 0 unspecified atom stereocenters. The zero-order chi connectivity index (χ0) is 24.8. The molecular formula is C25H35F3N4O2. The molecule has 34 heavy (non-hydrogen) atoms. The molecule has 4 rings (SSSR count). The summed E-state index contributed by atoms with van der Waals surface area (Å²) in [6.45, 7) is 9.22. The van der Waals surface area contributed by atoms with Crippen molar-refractivity contribution in [3.63, 3.8) is 0 Å². The van der Waals surface area contributed by atoms with Crippen LogP contribution in [-0.2, 0) is 4.79 Å². The van der Waals surface area contributed by atoms with Gasteiger partial charge in [-0.3, -0.25) is 4.79 Å². The van der Waals surface area contributed by atoms with E-state index in [4.69, 9.17) is 10.1 Å². The van der Waals surface area contributed by atoms with Crippen LogP contribution in [0.5, 0.6) is 0 Å². The Hall–Kier alpha value is -2.32. The van der Waals surface area contributed by atoms with E-state index in [0.29, 0.717) is 37.9 Å². The Bertz CT molecular complexity index is 1060. The molecule has 1 aliphatic heterocycles. The fourth-order valence-corrected chi connectivity index (χ4v) is 5.96. The molecule has 1 saturated carbocycles. The molecule has 0 spiro atoms. The number of anilines is 1. The number of alkyl halides is 3. The van der Waals surface area contributed by atoms with Gasteiger partial charge in [0.2, 0.25) is 0 Å². The highest BCUT2D eigenvalue weighted by atomic mass is 19.4. The number of carboxylic acids is 1. The van der Waals surface area contributed by atoms with Gasteiger partial charge in [-0.25, -0.2) is 4.98 Å². The van der Waals surface area contributed by atoms with Gasteiger partial charge in [-0.1, -0.05) is 20.8 Å². The zero-order valence-electron chi connectivity index (χ0n) is 20.5. The number of aryl methyl sites for hydroxylation is 1. The summed E-state index contributed by atoms with van der Waals surface area (Å²) in [7, 11) is 0. The highest BCUT2D eigenvalue weighted by Crippen LogP contribution is 2.44. The number of halogens is 3. The molecule has 0 aromatic carbocycles. The van der Waals surface area contributed by atoms with E-state index >= 15 is 0 Å². The van der Waals surface area contributed by atoms with Gasteiger partial charge >= 0.3 is 12.1 Å². The first-order valence-corrected chi connectivity index (χ1v) is 12.4. The third-order valence-electron chi connectivity index (χ3n) is 8.02. The molecule has 2 aromatic rings. The van der Waals surface area contributed by atoms with Crippen LogP contribution < -0.4 is 4.90 Å². The van der Waals surface area contributed by atoms with Crippen LogP contribution in [0, 0.1) is 18.3 Å². The molecule has 2 fully saturated rings. The lowest BCUT2D eigenvalue weighted by atomic mass is 9.77. The number of hydrogen-bond donors (Lipinski definition) is 1. The number of aromatic nitrogens is 3.